The standard InChI is InChI=1S/C25H40N2O7/c1-6-27-11-22(12-31-2)15(28)7-16(32-3)25-13-8-24(30)17(33-4)9-23(29,14(13)10-26-24)18(21(25)27)19(34-5)20(22)25/h10,13-21,28-30H,6-9,11-12H2,1-5H3/t13-,14+,15-,16+,17+,18+,19+,20-,21?,22+,23-,24+,25+/m1/s1. The molecule has 13 atom stereocenters. The van der Waals surface area contributed by atoms with Crippen LogP contribution < -0.4 is 0 Å². The molecule has 0 amide bonds. The van der Waals surface area contributed by atoms with E-state index < -0.39 is 34.4 Å². The largest absolute Gasteiger partial charge is 0.392 e. The summed E-state index contributed by atoms with van der Waals surface area (Å²) in [4.78, 5) is 7.02. The van der Waals surface area contributed by atoms with Crippen molar-refractivity contribution >= 4 is 6.21 Å². The van der Waals surface area contributed by atoms with Gasteiger partial charge in [0.25, 0.3) is 0 Å². The van der Waals surface area contributed by atoms with Gasteiger partial charge in [0.15, 0.2) is 5.72 Å². The number of rotatable bonds is 6. The topological polar surface area (TPSA) is 113 Å². The average molecular weight is 481 g/mol. The third-order valence-corrected chi connectivity index (χ3v) is 11.1. The van der Waals surface area contributed by atoms with Crippen LogP contribution in [0.5, 0.6) is 0 Å². The smallest absolute Gasteiger partial charge is 0.182 e. The summed E-state index contributed by atoms with van der Waals surface area (Å²) in [5.41, 5.74) is -3.56. The molecular formula is C25H40N2O7. The molecule has 5 fully saturated rings. The molecule has 9 bridgehead atoms. The Hall–Kier alpha value is -0.650. The summed E-state index contributed by atoms with van der Waals surface area (Å²) < 4.78 is 24.2. The highest BCUT2D eigenvalue weighted by Crippen LogP contribution is 2.77. The lowest BCUT2D eigenvalue weighted by molar-refractivity contribution is -0.289. The van der Waals surface area contributed by atoms with Crippen molar-refractivity contribution < 1.29 is 34.3 Å². The van der Waals surface area contributed by atoms with Crippen molar-refractivity contribution in [2.24, 2.45) is 39.5 Å². The van der Waals surface area contributed by atoms with Crippen LogP contribution in [0.15, 0.2) is 4.99 Å². The van der Waals surface area contributed by atoms with Crippen LogP contribution >= 0.6 is 0 Å². The van der Waals surface area contributed by atoms with Gasteiger partial charge in [-0.05, 0) is 12.5 Å². The molecule has 1 spiro atoms. The maximum Gasteiger partial charge on any atom is 0.182 e. The van der Waals surface area contributed by atoms with Gasteiger partial charge in [0.05, 0.1) is 30.5 Å². The fourth-order valence-corrected chi connectivity index (χ4v) is 10.3. The number of ether oxygens (including phenoxy) is 4. The van der Waals surface area contributed by atoms with E-state index in [-0.39, 0.29) is 41.9 Å². The van der Waals surface area contributed by atoms with E-state index in [4.69, 9.17) is 18.9 Å². The van der Waals surface area contributed by atoms with Crippen molar-refractivity contribution in [2.75, 3.05) is 48.1 Å². The fourth-order valence-electron chi connectivity index (χ4n) is 10.3. The molecule has 0 aromatic carbocycles. The second kappa shape index (κ2) is 7.44. The first-order chi connectivity index (χ1) is 16.2. The fraction of sp³-hybridized carbons (Fsp3) is 0.960. The molecule has 192 valence electrons. The summed E-state index contributed by atoms with van der Waals surface area (Å²) in [6, 6.07) is -0.00696. The molecule has 9 nitrogen and oxygen atoms in total. The zero-order valence-electron chi connectivity index (χ0n) is 20.9. The van der Waals surface area contributed by atoms with Crippen LogP contribution in [-0.4, -0.2) is 116 Å². The van der Waals surface area contributed by atoms with Crippen LogP contribution in [0, 0.1) is 34.5 Å². The molecule has 7 aliphatic rings. The molecule has 3 aliphatic heterocycles. The zero-order valence-corrected chi connectivity index (χ0v) is 20.9. The predicted octanol–water partition coefficient (Wildman–Crippen LogP) is -0.0908. The minimum absolute atomic E-state index is 0.00696. The highest BCUT2D eigenvalue weighted by atomic mass is 16.5. The van der Waals surface area contributed by atoms with E-state index in [0.29, 0.717) is 32.4 Å². The summed E-state index contributed by atoms with van der Waals surface area (Å²) in [5.74, 6) is -0.681. The molecule has 3 N–H and O–H groups in total. The summed E-state index contributed by atoms with van der Waals surface area (Å²) >= 11 is 0. The molecule has 0 aromatic rings. The molecular weight excluding hydrogens is 440 g/mol. The van der Waals surface area contributed by atoms with Gasteiger partial charge in [-0.25, -0.2) is 0 Å². The maximum absolute atomic E-state index is 12.7. The van der Waals surface area contributed by atoms with Gasteiger partial charge in [0, 0.05) is 95.1 Å². The van der Waals surface area contributed by atoms with Crippen molar-refractivity contribution in [1.29, 1.82) is 0 Å². The third kappa shape index (κ3) is 2.37. The number of hydrogen-bond acceptors (Lipinski definition) is 9. The van der Waals surface area contributed by atoms with E-state index in [1.165, 1.54) is 0 Å². The van der Waals surface area contributed by atoms with Gasteiger partial charge in [-0.15, -0.1) is 0 Å². The normalized spacial score (nSPS) is 59.4. The predicted molar refractivity (Wildman–Crippen MR) is 122 cm³/mol. The molecule has 7 rings (SSSR count). The Morgan fingerprint density at radius 3 is 2.41 bits per heavy atom. The van der Waals surface area contributed by atoms with Gasteiger partial charge < -0.3 is 34.3 Å². The van der Waals surface area contributed by atoms with E-state index in [0.717, 1.165) is 6.54 Å². The Kier molecular flexibility index (Phi) is 5.20. The third-order valence-electron chi connectivity index (χ3n) is 11.1. The quantitative estimate of drug-likeness (QED) is 0.484. The monoisotopic (exact) mass is 480 g/mol. The number of nitrogens with zero attached hydrogens (tertiary/aromatic N) is 2. The van der Waals surface area contributed by atoms with Gasteiger partial charge in [0.2, 0.25) is 0 Å². The van der Waals surface area contributed by atoms with Crippen LogP contribution in [0.4, 0.5) is 0 Å². The van der Waals surface area contributed by atoms with Crippen molar-refractivity contribution in [1.82, 2.24) is 4.90 Å². The second-order valence-corrected chi connectivity index (χ2v) is 11.8. The molecule has 0 radical (unpaired) electrons. The van der Waals surface area contributed by atoms with Crippen molar-refractivity contribution in [3.05, 3.63) is 0 Å². The zero-order chi connectivity index (χ0) is 24.3. The molecule has 4 saturated carbocycles. The number of methoxy groups -OCH3 is 4. The highest BCUT2D eigenvalue weighted by molar-refractivity contribution is 5.68. The number of piperidine rings is 1. The van der Waals surface area contributed by atoms with Crippen molar-refractivity contribution in [2.45, 2.75) is 68.0 Å². The first-order valence-electron chi connectivity index (χ1n) is 12.7. The van der Waals surface area contributed by atoms with E-state index in [9.17, 15) is 15.3 Å². The summed E-state index contributed by atoms with van der Waals surface area (Å²) in [6.07, 6.45) is 1.22. The molecule has 1 unspecified atom stereocenters. The van der Waals surface area contributed by atoms with Gasteiger partial charge >= 0.3 is 0 Å². The van der Waals surface area contributed by atoms with Crippen LogP contribution in [0.25, 0.3) is 0 Å². The molecule has 1 saturated heterocycles. The van der Waals surface area contributed by atoms with Crippen molar-refractivity contribution in [3.63, 3.8) is 0 Å². The first-order valence-corrected chi connectivity index (χ1v) is 12.7. The Morgan fingerprint density at radius 2 is 1.79 bits per heavy atom. The molecule has 3 heterocycles. The number of fused-ring (bicyclic) bond motifs is 1. The van der Waals surface area contributed by atoms with E-state index in [2.05, 4.69) is 16.8 Å². The maximum atomic E-state index is 12.7. The number of aliphatic imine (C=N–C) groups is 1. The molecule has 4 aliphatic carbocycles. The SMILES string of the molecule is CCN1C[C@]2(COC)[C@H](O)C[C@H](OC)[C@]34C1[C@H]([C@H](OC)[C@H]23)[C@@]1(O)C[C@H](OC)[C@@]2(O)C[C@@H]4[C@@H]1C=N2. The molecule has 0 aromatic heterocycles. The van der Waals surface area contributed by atoms with Crippen LogP contribution in [0.1, 0.15) is 26.2 Å². The summed E-state index contributed by atoms with van der Waals surface area (Å²) in [7, 11) is 6.74. The Balaban J connectivity index is 1.67. The molecule has 9 heteroatoms. The van der Waals surface area contributed by atoms with E-state index in [1.54, 1.807) is 34.7 Å². The average Bonchev–Trinajstić information content (AvgIpc) is 2.90. The number of aliphatic hydroxyl groups is 3. The highest BCUT2D eigenvalue weighted by Gasteiger charge is 2.86. The lowest BCUT2D eigenvalue weighted by atomic mass is 9.42. The number of aliphatic hydroxyl groups excluding tert-OH is 1. The first kappa shape index (κ1) is 23.7. The number of hydrogen-bond donors (Lipinski definition) is 3. The van der Waals surface area contributed by atoms with Gasteiger partial charge in [-0.1, -0.05) is 6.92 Å². The summed E-state index contributed by atoms with van der Waals surface area (Å²) in [5, 5.41) is 36.1. The lowest BCUT2D eigenvalue weighted by Crippen LogP contribution is -2.78. The molecule has 34 heavy (non-hydrogen) atoms. The lowest BCUT2D eigenvalue weighted by Gasteiger charge is -2.70. The van der Waals surface area contributed by atoms with Crippen LogP contribution in [-0.2, 0) is 18.9 Å². The van der Waals surface area contributed by atoms with Gasteiger partial charge in [0.1, 0.15) is 6.10 Å². The van der Waals surface area contributed by atoms with Crippen LogP contribution in [0.2, 0.25) is 0 Å². The minimum Gasteiger partial charge on any atom is -0.392 e. The van der Waals surface area contributed by atoms with E-state index in [1.807, 2.05) is 0 Å². The Morgan fingerprint density at radius 1 is 1.06 bits per heavy atom. The van der Waals surface area contributed by atoms with Crippen molar-refractivity contribution in [3.8, 4) is 0 Å². The van der Waals surface area contributed by atoms with Gasteiger partial charge in [-0.2, -0.15) is 0 Å². The summed E-state index contributed by atoms with van der Waals surface area (Å²) in [6.45, 7) is 4.01. The van der Waals surface area contributed by atoms with Crippen LogP contribution in [0.3, 0.4) is 0 Å². The Bertz CT molecular complexity index is 874. The van der Waals surface area contributed by atoms with Gasteiger partial charge in [-0.3, -0.25) is 9.89 Å². The second-order valence-electron chi connectivity index (χ2n) is 11.8. The van der Waals surface area contributed by atoms with E-state index >= 15 is 0 Å². The minimum atomic E-state index is -1.40. The Labute approximate surface area is 201 Å². The number of likely N-dealkylation sites (tertiary alicyclic amines) is 1.